The van der Waals surface area contributed by atoms with Crippen LogP contribution in [0, 0.1) is 6.92 Å². The average molecular weight is 343 g/mol. The van der Waals surface area contributed by atoms with Crippen LogP contribution in [-0.4, -0.2) is 36.3 Å². The Hall–Kier alpha value is -2.83. The fourth-order valence-corrected chi connectivity index (χ4v) is 2.23. The second kappa shape index (κ2) is 10.1. The van der Waals surface area contributed by atoms with Gasteiger partial charge in [0.15, 0.2) is 11.8 Å². The normalized spacial score (nSPS) is 11.2. The summed E-state index contributed by atoms with van der Waals surface area (Å²) in [5.41, 5.74) is 1.06. The summed E-state index contributed by atoms with van der Waals surface area (Å²) in [6, 6.07) is 7.91. The van der Waals surface area contributed by atoms with E-state index in [9.17, 15) is 0 Å². The fourth-order valence-electron chi connectivity index (χ4n) is 2.23. The van der Waals surface area contributed by atoms with Crippen molar-refractivity contribution in [2.24, 2.45) is 4.99 Å². The molecular weight excluding hydrogens is 318 g/mol. The van der Waals surface area contributed by atoms with Crippen LogP contribution in [0.25, 0.3) is 0 Å². The van der Waals surface area contributed by atoms with Crippen molar-refractivity contribution in [3.05, 3.63) is 54.2 Å². The first-order valence-corrected chi connectivity index (χ1v) is 8.28. The number of guanidine groups is 1. The first-order valence-electron chi connectivity index (χ1n) is 8.28. The second-order valence-electron chi connectivity index (χ2n) is 5.40. The number of nitrogens with one attached hydrogen (secondary N) is 2. The predicted molar refractivity (Wildman–Crippen MR) is 97.7 cm³/mol. The van der Waals surface area contributed by atoms with Crippen molar-refractivity contribution in [3.8, 4) is 5.75 Å². The van der Waals surface area contributed by atoms with E-state index >= 15 is 0 Å². The number of ether oxygens (including phenoxy) is 1. The van der Waals surface area contributed by atoms with E-state index < -0.39 is 0 Å². The quantitative estimate of drug-likeness (QED) is 0.314. The minimum absolute atomic E-state index is 0.485. The number of benzene rings is 1. The number of hydrogen-bond acceptors (Lipinski definition) is 5. The number of hydrogen-bond donors (Lipinski definition) is 2. The van der Waals surface area contributed by atoms with Crippen molar-refractivity contribution in [2.75, 3.05) is 20.2 Å². The molecule has 0 aliphatic rings. The summed E-state index contributed by atoms with van der Waals surface area (Å²) in [6.07, 6.45) is 3.35. The highest BCUT2D eigenvalue weighted by molar-refractivity contribution is 5.79. The van der Waals surface area contributed by atoms with Gasteiger partial charge in [-0.3, -0.25) is 4.99 Å². The summed E-state index contributed by atoms with van der Waals surface area (Å²) >= 11 is 0. The maximum Gasteiger partial charge on any atom is 0.226 e. The van der Waals surface area contributed by atoms with E-state index in [4.69, 9.17) is 9.26 Å². The molecule has 25 heavy (non-hydrogen) atoms. The number of para-hydroxylation sites is 1. The molecule has 7 heteroatoms. The number of aromatic nitrogens is 2. The van der Waals surface area contributed by atoms with Gasteiger partial charge in [0.2, 0.25) is 5.89 Å². The van der Waals surface area contributed by atoms with E-state index in [-0.39, 0.29) is 0 Å². The number of nitrogens with zero attached hydrogens (tertiary/aromatic N) is 3. The smallest absolute Gasteiger partial charge is 0.226 e. The van der Waals surface area contributed by atoms with Crippen molar-refractivity contribution in [2.45, 2.75) is 26.3 Å². The van der Waals surface area contributed by atoms with Gasteiger partial charge in [-0.05, 0) is 19.4 Å². The van der Waals surface area contributed by atoms with E-state index in [1.165, 1.54) is 0 Å². The molecule has 0 fully saturated rings. The molecule has 1 aromatic carbocycles. The van der Waals surface area contributed by atoms with Gasteiger partial charge in [0, 0.05) is 32.1 Å². The van der Waals surface area contributed by atoms with E-state index in [2.05, 4.69) is 32.3 Å². The van der Waals surface area contributed by atoms with E-state index in [1.807, 2.05) is 31.2 Å². The summed E-state index contributed by atoms with van der Waals surface area (Å²) in [6.45, 7) is 7.35. The van der Waals surface area contributed by atoms with Gasteiger partial charge >= 0.3 is 0 Å². The van der Waals surface area contributed by atoms with Crippen molar-refractivity contribution < 1.29 is 9.26 Å². The molecule has 0 unspecified atom stereocenters. The topological polar surface area (TPSA) is 84.6 Å². The highest BCUT2D eigenvalue weighted by Gasteiger charge is 2.05. The Labute approximate surface area is 148 Å². The first kappa shape index (κ1) is 18.5. The van der Waals surface area contributed by atoms with Crippen LogP contribution in [0.4, 0.5) is 0 Å². The van der Waals surface area contributed by atoms with Gasteiger partial charge in [0.05, 0.1) is 0 Å². The Balaban J connectivity index is 1.75. The zero-order valence-corrected chi connectivity index (χ0v) is 14.8. The maximum absolute atomic E-state index is 5.66. The SMILES string of the molecule is C=CCOc1ccccc1CNC(=NC)NCCCc1nc(C)no1. The molecule has 0 saturated carbocycles. The van der Waals surface area contributed by atoms with Crippen molar-refractivity contribution in [3.63, 3.8) is 0 Å². The van der Waals surface area contributed by atoms with Crippen LogP contribution in [0.2, 0.25) is 0 Å². The summed E-state index contributed by atoms with van der Waals surface area (Å²) in [7, 11) is 1.75. The zero-order chi connectivity index (χ0) is 17.9. The lowest BCUT2D eigenvalue weighted by Gasteiger charge is -2.14. The molecule has 0 atom stereocenters. The third-order valence-corrected chi connectivity index (χ3v) is 3.43. The van der Waals surface area contributed by atoms with Gasteiger partial charge in [0.25, 0.3) is 0 Å². The van der Waals surface area contributed by atoms with E-state index in [0.29, 0.717) is 24.9 Å². The third kappa shape index (κ3) is 6.29. The average Bonchev–Trinajstić information content (AvgIpc) is 3.05. The minimum Gasteiger partial charge on any atom is -0.489 e. The van der Waals surface area contributed by atoms with Crippen LogP contribution in [0.3, 0.4) is 0 Å². The second-order valence-corrected chi connectivity index (χ2v) is 5.40. The van der Waals surface area contributed by atoms with Crippen molar-refractivity contribution in [1.29, 1.82) is 0 Å². The lowest BCUT2D eigenvalue weighted by molar-refractivity contribution is 0.358. The zero-order valence-electron chi connectivity index (χ0n) is 14.8. The van der Waals surface area contributed by atoms with Crippen LogP contribution in [0.1, 0.15) is 23.7 Å². The lowest BCUT2D eigenvalue weighted by atomic mass is 10.2. The van der Waals surface area contributed by atoms with Gasteiger partial charge < -0.3 is 19.9 Å². The Bertz CT molecular complexity index is 696. The molecule has 1 aromatic heterocycles. The highest BCUT2D eigenvalue weighted by Crippen LogP contribution is 2.17. The molecule has 0 aliphatic carbocycles. The standard InChI is InChI=1S/C18H25N5O2/c1-4-12-24-16-9-6-5-8-15(16)13-21-18(19-3)20-11-7-10-17-22-14(2)23-25-17/h4-6,8-9H,1,7,10-13H2,2-3H3,(H2,19,20,21). The monoisotopic (exact) mass is 343 g/mol. The molecule has 1 heterocycles. The number of aliphatic imine (C=N–C) groups is 1. The summed E-state index contributed by atoms with van der Waals surface area (Å²) < 4.78 is 10.8. The third-order valence-electron chi connectivity index (χ3n) is 3.43. The van der Waals surface area contributed by atoms with Crippen LogP contribution in [-0.2, 0) is 13.0 Å². The molecule has 2 N–H and O–H groups in total. The lowest BCUT2D eigenvalue weighted by Crippen LogP contribution is -2.37. The van der Waals surface area contributed by atoms with Crippen LogP contribution < -0.4 is 15.4 Å². The van der Waals surface area contributed by atoms with E-state index in [1.54, 1.807) is 13.1 Å². The van der Waals surface area contributed by atoms with Gasteiger partial charge in [0.1, 0.15) is 12.4 Å². The Kier molecular flexibility index (Phi) is 7.49. The molecule has 134 valence electrons. The van der Waals surface area contributed by atoms with Crippen LogP contribution >= 0.6 is 0 Å². The Morgan fingerprint density at radius 2 is 2.20 bits per heavy atom. The molecular formula is C18H25N5O2. The highest BCUT2D eigenvalue weighted by atomic mass is 16.5. The predicted octanol–water partition coefficient (Wildman–Crippen LogP) is 2.24. The first-order chi connectivity index (χ1) is 12.2. The molecule has 0 saturated heterocycles. The number of rotatable bonds is 9. The van der Waals surface area contributed by atoms with Crippen molar-refractivity contribution >= 4 is 5.96 Å². The molecule has 0 radical (unpaired) electrons. The van der Waals surface area contributed by atoms with Gasteiger partial charge in [-0.25, -0.2) is 0 Å². The maximum atomic E-state index is 5.66. The Morgan fingerprint density at radius 1 is 1.36 bits per heavy atom. The number of aryl methyl sites for hydroxylation is 2. The molecule has 2 rings (SSSR count). The largest absolute Gasteiger partial charge is 0.489 e. The summed E-state index contributed by atoms with van der Waals surface area (Å²) in [4.78, 5) is 8.41. The van der Waals surface area contributed by atoms with E-state index in [0.717, 1.165) is 36.7 Å². The minimum atomic E-state index is 0.485. The van der Waals surface area contributed by atoms with Gasteiger partial charge in [-0.2, -0.15) is 4.98 Å². The van der Waals surface area contributed by atoms with Crippen molar-refractivity contribution in [1.82, 2.24) is 20.8 Å². The summed E-state index contributed by atoms with van der Waals surface area (Å²) in [5.74, 6) is 2.91. The van der Waals surface area contributed by atoms with Gasteiger partial charge in [-0.1, -0.05) is 36.0 Å². The molecule has 7 nitrogen and oxygen atoms in total. The molecule has 0 amide bonds. The summed E-state index contributed by atoms with van der Waals surface area (Å²) in [5, 5.41) is 10.3. The van der Waals surface area contributed by atoms with Crippen LogP contribution in [0.15, 0.2) is 46.4 Å². The molecule has 0 spiro atoms. The molecule has 0 aliphatic heterocycles. The molecule has 0 bridgehead atoms. The molecule has 2 aromatic rings. The Morgan fingerprint density at radius 3 is 2.92 bits per heavy atom. The van der Waals surface area contributed by atoms with Gasteiger partial charge in [-0.15, -0.1) is 0 Å². The fraction of sp³-hybridized carbons (Fsp3) is 0.389. The van der Waals surface area contributed by atoms with Crippen LogP contribution in [0.5, 0.6) is 5.75 Å².